The van der Waals surface area contributed by atoms with Gasteiger partial charge in [0.1, 0.15) is 11.5 Å². The lowest BCUT2D eigenvalue weighted by Gasteiger charge is -2.16. The summed E-state index contributed by atoms with van der Waals surface area (Å²) in [7, 11) is 2.00. The number of carbonyl (C=O) groups excluding carboxylic acids is 1. The number of nitrogens with zero attached hydrogens (tertiary/aromatic N) is 2. The standard InChI is InChI=1S/C17H23N3O3/c1-14-13-16(19-23-14)18-17(21)9-11-20(2)10-6-12-22-15-7-4-3-5-8-15/h3-5,7-8,13H,6,9-12H2,1-2H3,(H,18,19,21). The molecular weight excluding hydrogens is 294 g/mol. The van der Waals surface area contributed by atoms with E-state index in [1.54, 1.807) is 13.0 Å². The zero-order valence-electron chi connectivity index (χ0n) is 13.6. The molecule has 0 aliphatic heterocycles. The van der Waals surface area contributed by atoms with Crippen LogP contribution in [-0.4, -0.2) is 42.7 Å². The molecule has 1 N–H and O–H groups in total. The molecule has 6 nitrogen and oxygen atoms in total. The Hall–Kier alpha value is -2.34. The van der Waals surface area contributed by atoms with Gasteiger partial charge in [-0.3, -0.25) is 4.79 Å². The minimum Gasteiger partial charge on any atom is -0.494 e. The number of anilines is 1. The van der Waals surface area contributed by atoms with Crippen LogP contribution in [0.1, 0.15) is 18.6 Å². The number of nitrogens with one attached hydrogen (secondary N) is 1. The molecule has 0 aliphatic rings. The van der Waals surface area contributed by atoms with Crippen LogP contribution in [0.2, 0.25) is 0 Å². The van der Waals surface area contributed by atoms with Crippen LogP contribution >= 0.6 is 0 Å². The zero-order valence-corrected chi connectivity index (χ0v) is 13.6. The Labute approximate surface area is 136 Å². The number of hydrogen-bond donors (Lipinski definition) is 1. The van der Waals surface area contributed by atoms with E-state index in [0.29, 0.717) is 31.2 Å². The molecule has 0 atom stereocenters. The molecule has 0 bridgehead atoms. The van der Waals surface area contributed by atoms with Crippen LogP contribution in [0.4, 0.5) is 5.82 Å². The predicted octanol–water partition coefficient (Wildman–Crippen LogP) is 2.71. The molecule has 0 fully saturated rings. The van der Waals surface area contributed by atoms with E-state index < -0.39 is 0 Å². The van der Waals surface area contributed by atoms with Gasteiger partial charge in [-0.05, 0) is 32.5 Å². The molecule has 0 spiro atoms. The first-order valence-electron chi connectivity index (χ1n) is 7.73. The van der Waals surface area contributed by atoms with Gasteiger partial charge in [0.25, 0.3) is 0 Å². The highest BCUT2D eigenvalue weighted by molar-refractivity contribution is 5.89. The second-order valence-electron chi connectivity index (χ2n) is 5.44. The summed E-state index contributed by atoms with van der Waals surface area (Å²) >= 11 is 0. The molecule has 0 radical (unpaired) electrons. The molecule has 1 aromatic carbocycles. The third-order valence-electron chi connectivity index (χ3n) is 3.31. The number of ether oxygens (including phenoxy) is 1. The summed E-state index contributed by atoms with van der Waals surface area (Å²) in [5.41, 5.74) is 0. The number of hydrogen-bond acceptors (Lipinski definition) is 5. The number of aromatic nitrogens is 1. The van der Waals surface area contributed by atoms with E-state index in [0.717, 1.165) is 18.7 Å². The quantitative estimate of drug-likeness (QED) is 0.720. The largest absolute Gasteiger partial charge is 0.494 e. The van der Waals surface area contributed by atoms with E-state index in [2.05, 4.69) is 15.4 Å². The van der Waals surface area contributed by atoms with Crippen molar-refractivity contribution in [3.05, 3.63) is 42.2 Å². The van der Waals surface area contributed by atoms with Crippen molar-refractivity contribution in [2.75, 3.05) is 32.1 Å². The summed E-state index contributed by atoms with van der Waals surface area (Å²) in [4.78, 5) is 13.9. The van der Waals surface area contributed by atoms with Gasteiger partial charge >= 0.3 is 0 Å². The maximum atomic E-state index is 11.8. The lowest BCUT2D eigenvalue weighted by molar-refractivity contribution is -0.116. The fraction of sp³-hybridized carbons (Fsp3) is 0.412. The van der Waals surface area contributed by atoms with Crippen LogP contribution in [0.5, 0.6) is 5.75 Å². The van der Waals surface area contributed by atoms with Gasteiger partial charge in [-0.25, -0.2) is 0 Å². The zero-order chi connectivity index (χ0) is 16.5. The van der Waals surface area contributed by atoms with Crippen molar-refractivity contribution in [2.24, 2.45) is 0 Å². The van der Waals surface area contributed by atoms with E-state index in [1.165, 1.54) is 0 Å². The highest BCUT2D eigenvalue weighted by Gasteiger charge is 2.07. The summed E-state index contributed by atoms with van der Waals surface area (Å²) in [6.45, 7) is 4.02. The predicted molar refractivity (Wildman–Crippen MR) is 88.5 cm³/mol. The Morgan fingerprint density at radius 2 is 2.09 bits per heavy atom. The van der Waals surface area contributed by atoms with Gasteiger partial charge < -0.3 is 19.5 Å². The molecule has 0 saturated heterocycles. The maximum Gasteiger partial charge on any atom is 0.226 e. The molecule has 0 aliphatic carbocycles. The van der Waals surface area contributed by atoms with Gasteiger partial charge in [0.05, 0.1) is 6.61 Å². The summed E-state index contributed by atoms with van der Waals surface area (Å²) in [5.74, 6) is 1.96. The Bertz CT molecular complexity index is 598. The normalized spacial score (nSPS) is 10.7. The van der Waals surface area contributed by atoms with Gasteiger partial charge in [0, 0.05) is 25.6 Å². The molecule has 2 aromatic rings. The number of rotatable bonds is 9. The number of aryl methyl sites for hydroxylation is 1. The third kappa shape index (κ3) is 6.52. The lowest BCUT2D eigenvalue weighted by Crippen LogP contribution is -2.26. The van der Waals surface area contributed by atoms with E-state index in [4.69, 9.17) is 9.26 Å². The van der Waals surface area contributed by atoms with Crippen molar-refractivity contribution in [3.8, 4) is 5.75 Å². The van der Waals surface area contributed by atoms with Gasteiger partial charge in [0.15, 0.2) is 5.82 Å². The van der Waals surface area contributed by atoms with Crippen LogP contribution in [0, 0.1) is 6.92 Å². The van der Waals surface area contributed by atoms with Crippen molar-refractivity contribution in [1.29, 1.82) is 0 Å². The van der Waals surface area contributed by atoms with Crippen LogP contribution in [-0.2, 0) is 4.79 Å². The average molecular weight is 317 g/mol. The van der Waals surface area contributed by atoms with Crippen molar-refractivity contribution in [2.45, 2.75) is 19.8 Å². The first-order valence-corrected chi connectivity index (χ1v) is 7.73. The molecule has 1 amide bonds. The van der Waals surface area contributed by atoms with Gasteiger partial charge in [-0.1, -0.05) is 23.4 Å². The van der Waals surface area contributed by atoms with Crippen LogP contribution in [0.3, 0.4) is 0 Å². The summed E-state index contributed by atoms with van der Waals surface area (Å²) in [6.07, 6.45) is 1.33. The second-order valence-corrected chi connectivity index (χ2v) is 5.44. The molecule has 23 heavy (non-hydrogen) atoms. The number of para-hydroxylation sites is 1. The molecule has 1 heterocycles. The van der Waals surface area contributed by atoms with E-state index >= 15 is 0 Å². The molecule has 0 saturated carbocycles. The molecule has 0 unspecified atom stereocenters. The van der Waals surface area contributed by atoms with Gasteiger partial charge in [-0.2, -0.15) is 0 Å². The fourth-order valence-electron chi connectivity index (χ4n) is 2.08. The Balaban J connectivity index is 1.56. The smallest absolute Gasteiger partial charge is 0.226 e. The number of amides is 1. The van der Waals surface area contributed by atoms with Crippen molar-refractivity contribution in [3.63, 3.8) is 0 Å². The molecule has 1 aromatic heterocycles. The second kappa shape index (κ2) is 8.95. The molecule has 124 valence electrons. The average Bonchev–Trinajstić information content (AvgIpc) is 2.95. The Kier molecular flexibility index (Phi) is 6.62. The lowest BCUT2D eigenvalue weighted by atomic mass is 10.3. The summed E-state index contributed by atoms with van der Waals surface area (Å²) in [5, 5.41) is 6.45. The van der Waals surface area contributed by atoms with Crippen molar-refractivity contribution < 1.29 is 14.1 Å². The highest BCUT2D eigenvalue weighted by atomic mass is 16.5. The fourth-order valence-corrected chi connectivity index (χ4v) is 2.08. The minimum absolute atomic E-state index is 0.0642. The van der Waals surface area contributed by atoms with Crippen LogP contribution < -0.4 is 10.1 Å². The Morgan fingerprint density at radius 1 is 1.30 bits per heavy atom. The van der Waals surface area contributed by atoms with Crippen molar-refractivity contribution >= 4 is 11.7 Å². The van der Waals surface area contributed by atoms with Gasteiger partial charge in [-0.15, -0.1) is 0 Å². The van der Waals surface area contributed by atoms with Crippen LogP contribution in [0.15, 0.2) is 40.9 Å². The van der Waals surface area contributed by atoms with E-state index in [1.807, 2.05) is 37.4 Å². The molecule has 6 heteroatoms. The monoisotopic (exact) mass is 317 g/mol. The third-order valence-corrected chi connectivity index (χ3v) is 3.31. The Morgan fingerprint density at radius 3 is 2.78 bits per heavy atom. The van der Waals surface area contributed by atoms with E-state index in [-0.39, 0.29) is 5.91 Å². The first-order chi connectivity index (χ1) is 11.1. The van der Waals surface area contributed by atoms with E-state index in [9.17, 15) is 4.79 Å². The first kappa shape index (κ1) is 17.0. The maximum absolute atomic E-state index is 11.8. The molecular formula is C17H23N3O3. The van der Waals surface area contributed by atoms with Crippen molar-refractivity contribution in [1.82, 2.24) is 10.1 Å². The SMILES string of the molecule is Cc1cc(NC(=O)CCN(C)CCCOc2ccccc2)no1. The molecule has 2 rings (SSSR count). The topological polar surface area (TPSA) is 67.6 Å². The minimum atomic E-state index is -0.0642. The number of benzene rings is 1. The number of carbonyl (C=O) groups is 1. The van der Waals surface area contributed by atoms with Gasteiger partial charge in [0.2, 0.25) is 5.91 Å². The summed E-state index contributed by atoms with van der Waals surface area (Å²) < 4.78 is 10.5. The highest BCUT2D eigenvalue weighted by Crippen LogP contribution is 2.09. The van der Waals surface area contributed by atoms with Crippen LogP contribution in [0.25, 0.3) is 0 Å². The summed E-state index contributed by atoms with van der Waals surface area (Å²) in [6, 6.07) is 11.5.